The van der Waals surface area contributed by atoms with Gasteiger partial charge in [-0.2, -0.15) is 0 Å². The zero-order valence-corrected chi connectivity index (χ0v) is 9.91. The highest BCUT2D eigenvalue weighted by molar-refractivity contribution is 6.04. The smallest absolute Gasteiger partial charge is 0.183 e. The first kappa shape index (κ1) is 13.0. The van der Waals surface area contributed by atoms with Crippen LogP contribution in [0.3, 0.4) is 0 Å². The second-order valence-corrected chi connectivity index (χ2v) is 3.72. The molecule has 1 aliphatic heterocycles. The molecule has 0 aromatic carbocycles. The lowest BCUT2D eigenvalue weighted by molar-refractivity contribution is 0.0726. The topological polar surface area (TPSA) is 6.48 Å². The Balaban J connectivity index is 0.000000671. The summed E-state index contributed by atoms with van der Waals surface area (Å²) in [4.78, 5) is 4.32. The fraction of sp³-hybridized carbons (Fsp3) is 1.00. The molecular weight excluding hydrogens is 159 g/mol. The monoisotopic (exact) mass is 182 g/mol. The maximum atomic E-state index is 5.88. The van der Waals surface area contributed by atoms with Crippen LogP contribution in [0.1, 0.15) is 34.6 Å². The summed E-state index contributed by atoms with van der Waals surface area (Å²) in [6.45, 7) is 11.6. The molecule has 76 valence electrons. The van der Waals surface area contributed by atoms with E-state index in [-0.39, 0.29) is 0 Å². The third kappa shape index (κ3) is 2.99. The Labute approximate surface area is 84.7 Å². The molecule has 1 saturated heterocycles. The van der Waals surface area contributed by atoms with Crippen molar-refractivity contribution in [1.82, 2.24) is 9.71 Å². The standard InChI is InChI=1S/C8H17BN2.C2H6/c1-6-5-10(4)7(2)8(3)11(6)9;1-2/h6-8H,5H2,1-4H3;1-2H3. The van der Waals surface area contributed by atoms with Gasteiger partial charge in [-0.1, -0.05) is 13.8 Å². The van der Waals surface area contributed by atoms with E-state index in [1.54, 1.807) is 0 Å². The molecule has 0 aliphatic carbocycles. The molecule has 1 fully saturated rings. The van der Waals surface area contributed by atoms with Crippen molar-refractivity contribution < 1.29 is 0 Å². The number of hydrogen-bond donors (Lipinski definition) is 0. The van der Waals surface area contributed by atoms with Crippen LogP contribution in [0.4, 0.5) is 0 Å². The van der Waals surface area contributed by atoms with E-state index in [1.807, 2.05) is 18.7 Å². The molecule has 1 rings (SSSR count). The number of rotatable bonds is 0. The summed E-state index contributed by atoms with van der Waals surface area (Å²) in [5.74, 6) is 0. The Morgan fingerprint density at radius 2 is 1.54 bits per heavy atom. The minimum atomic E-state index is 0.462. The molecule has 1 aliphatic rings. The third-order valence-corrected chi connectivity index (χ3v) is 2.92. The molecule has 2 radical (unpaired) electrons. The molecule has 1 heterocycles. The molecule has 0 saturated carbocycles. The molecule has 0 amide bonds. The summed E-state index contributed by atoms with van der Waals surface area (Å²) in [7, 11) is 8.04. The van der Waals surface area contributed by atoms with Gasteiger partial charge in [0.05, 0.1) is 0 Å². The van der Waals surface area contributed by atoms with Crippen LogP contribution in [0.2, 0.25) is 0 Å². The van der Waals surface area contributed by atoms with Gasteiger partial charge < -0.3 is 9.71 Å². The van der Waals surface area contributed by atoms with Crippen molar-refractivity contribution in [2.24, 2.45) is 0 Å². The van der Waals surface area contributed by atoms with Crippen molar-refractivity contribution in [3.8, 4) is 0 Å². The average molecular weight is 182 g/mol. The van der Waals surface area contributed by atoms with E-state index in [4.69, 9.17) is 7.98 Å². The highest BCUT2D eigenvalue weighted by Gasteiger charge is 2.29. The van der Waals surface area contributed by atoms with E-state index in [0.29, 0.717) is 18.1 Å². The van der Waals surface area contributed by atoms with Crippen molar-refractivity contribution in [2.75, 3.05) is 13.6 Å². The first-order valence-electron chi connectivity index (χ1n) is 5.27. The van der Waals surface area contributed by atoms with E-state index in [1.165, 1.54) is 0 Å². The summed E-state index contributed by atoms with van der Waals surface area (Å²) >= 11 is 0. The Bertz CT molecular complexity index is 127. The van der Waals surface area contributed by atoms with Crippen molar-refractivity contribution in [3.63, 3.8) is 0 Å². The van der Waals surface area contributed by atoms with Gasteiger partial charge in [-0.3, -0.25) is 0 Å². The van der Waals surface area contributed by atoms with E-state index in [0.717, 1.165) is 6.54 Å². The first-order valence-corrected chi connectivity index (χ1v) is 5.27. The minimum absolute atomic E-state index is 0.462. The van der Waals surface area contributed by atoms with Gasteiger partial charge in [0.25, 0.3) is 0 Å². The Kier molecular flexibility index (Phi) is 5.65. The number of hydrogen-bond acceptors (Lipinski definition) is 2. The van der Waals surface area contributed by atoms with Crippen LogP contribution in [0, 0.1) is 0 Å². The fourth-order valence-electron chi connectivity index (χ4n) is 1.70. The molecule has 0 aromatic rings. The lowest BCUT2D eigenvalue weighted by atomic mass is 9.97. The van der Waals surface area contributed by atoms with E-state index in [9.17, 15) is 0 Å². The van der Waals surface area contributed by atoms with Crippen molar-refractivity contribution in [2.45, 2.75) is 52.7 Å². The first-order chi connectivity index (χ1) is 6.04. The second-order valence-electron chi connectivity index (χ2n) is 3.72. The molecular formula is C10H23BN2. The normalized spacial score (nSPS) is 36.6. The summed E-state index contributed by atoms with van der Waals surface area (Å²) in [5.41, 5.74) is 0. The average Bonchev–Trinajstić information content (AvgIpc) is 2.15. The van der Waals surface area contributed by atoms with Crippen molar-refractivity contribution in [1.29, 1.82) is 0 Å². The molecule has 3 atom stereocenters. The Morgan fingerprint density at radius 1 is 1.08 bits per heavy atom. The van der Waals surface area contributed by atoms with Crippen LogP contribution in [-0.2, 0) is 0 Å². The Hall–Kier alpha value is -0.0151. The maximum absolute atomic E-state index is 5.88. The van der Waals surface area contributed by atoms with Gasteiger partial charge >= 0.3 is 0 Å². The summed E-state index contributed by atoms with van der Waals surface area (Å²) < 4.78 is 0. The third-order valence-electron chi connectivity index (χ3n) is 2.92. The molecule has 0 N–H and O–H groups in total. The van der Waals surface area contributed by atoms with Gasteiger partial charge in [-0.05, 0) is 27.8 Å². The number of nitrogens with zero attached hydrogens (tertiary/aromatic N) is 2. The SMILES string of the molecule is CC.[B]N1C(C)CN(C)C(C)C1C. The molecule has 0 spiro atoms. The zero-order valence-electron chi connectivity index (χ0n) is 9.91. The van der Waals surface area contributed by atoms with Gasteiger partial charge in [-0.25, -0.2) is 0 Å². The van der Waals surface area contributed by atoms with Crippen LogP contribution in [0.5, 0.6) is 0 Å². The number of likely N-dealkylation sites (N-methyl/N-ethyl adjacent to an activating group) is 1. The Morgan fingerprint density at radius 3 is 2.00 bits per heavy atom. The molecule has 13 heavy (non-hydrogen) atoms. The van der Waals surface area contributed by atoms with E-state index in [2.05, 4.69) is 32.7 Å². The molecule has 0 bridgehead atoms. The minimum Gasteiger partial charge on any atom is -0.347 e. The molecule has 0 aromatic heterocycles. The van der Waals surface area contributed by atoms with Crippen LogP contribution < -0.4 is 0 Å². The van der Waals surface area contributed by atoms with Gasteiger partial charge in [-0.15, -0.1) is 0 Å². The maximum Gasteiger partial charge on any atom is 0.183 e. The lowest BCUT2D eigenvalue weighted by Crippen LogP contribution is -2.58. The highest BCUT2D eigenvalue weighted by Crippen LogP contribution is 2.16. The largest absolute Gasteiger partial charge is 0.347 e. The molecule has 3 heteroatoms. The summed E-state index contributed by atoms with van der Waals surface area (Å²) in [6.07, 6.45) is 0. The summed E-state index contributed by atoms with van der Waals surface area (Å²) in [6, 6.07) is 1.51. The predicted molar refractivity (Wildman–Crippen MR) is 60.0 cm³/mol. The molecule has 2 nitrogen and oxygen atoms in total. The van der Waals surface area contributed by atoms with Gasteiger partial charge in [0.1, 0.15) is 0 Å². The zero-order chi connectivity index (χ0) is 10.6. The highest BCUT2D eigenvalue weighted by atomic mass is 15.3. The van der Waals surface area contributed by atoms with Crippen molar-refractivity contribution >= 4 is 7.98 Å². The van der Waals surface area contributed by atoms with Crippen LogP contribution in [-0.4, -0.2) is 49.4 Å². The van der Waals surface area contributed by atoms with Gasteiger partial charge in [0, 0.05) is 24.7 Å². The van der Waals surface area contributed by atoms with Crippen LogP contribution in [0.25, 0.3) is 0 Å². The van der Waals surface area contributed by atoms with Gasteiger partial charge in [0.15, 0.2) is 7.98 Å². The fourth-order valence-corrected chi connectivity index (χ4v) is 1.70. The second kappa shape index (κ2) is 5.66. The van der Waals surface area contributed by atoms with E-state index < -0.39 is 0 Å². The van der Waals surface area contributed by atoms with Gasteiger partial charge in [0.2, 0.25) is 0 Å². The van der Waals surface area contributed by atoms with E-state index >= 15 is 0 Å². The summed E-state index contributed by atoms with van der Waals surface area (Å²) in [5, 5.41) is 0. The number of piperazine rings is 1. The molecule has 3 unspecified atom stereocenters. The lowest BCUT2D eigenvalue weighted by Gasteiger charge is -2.46. The van der Waals surface area contributed by atoms with Crippen LogP contribution >= 0.6 is 0 Å². The predicted octanol–water partition coefficient (Wildman–Crippen LogP) is 1.51. The van der Waals surface area contributed by atoms with Crippen LogP contribution in [0.15, 0.2) is 0 Å². The van der Waals surface area contributed by atoms with Crippen molar-refractivity contribution in [3.05, 3.63) is 0 Å². The quantitative estimate of drug-likeness (QED) is 0.524.